The van der Waals surface area contributed by atoms with Gasteiger partial charge in [0, 0.05) is 0 Å². The molecule has 94 valence electrons. The Morgan fingerprint density at radius 1 is 1.39 bits per heavy atom. The summed E-state index contributed by atoms with van der Waals surface area (Å²) in [6, 6.07) is 3.81. The molecular formula is C13H13NO4. The lowest BCUT2D eigenvalue weighted by molar-refractivity contribution is 0.0690. The molecule has 1 aromatic heterocycles. The molecule has 5 heteroatoms. The number of benzene rings is 1. The lowest BCUT2D eigenvalue weighted by Gasteiger charge is -2.09. The minimum absolute atomic E-state index is 0.118. The number of rotatable bonds is 3. The fourth-order valence-electron chi connectivity index (χ4n) is 1.85. The third-order valence-electron chi connectivity index (χ3n) is 2.60. The van der Waals surface area contributed by atoms with E-state index < -0.39 is 5.97 Å². The Bertz CT molecular complexity index is 601. The van der Waals surface area contributed by atoms with Gasteiger partial charge in [0.1, 0.15) is 12.0 Å². The van der Waals surface area contributed by atoms with Gasteiger partial charge in [0.15, 0.2) is 5.69 Å². The third kappa shape index (κ3) is 2.07. The number of aryl methyl sites for hydroxylation is 2. The molecule has 0 atom stereocenters. The van der Waals surface area contributed by atoms with E-state index in [0.29, 0.717) is 11.3 Å². The van der Waals surface area contributed by atoms with Crippen LogP contribution in [0.1, 0.15) is 21.6 Å². The number of hydrogen-bond acceptors (Lipinski definition) is 4. The summed E-state index contributed by atoms with van der Waals surface area (Å²) >= 11 is 0. The first-order valence-corrected chi connectivity index (χ1v) is 5.37. The normalized spacial score (nSPS) is 10.4. The zero-order valence-corrected chi connectivity index (χ0v) is 10.4. The largest absolute Gasteiger partial charge is 0.496 e. The van der Waals surface area contributed by atoms with Crippen molar-refractivity contribution in [3.63, 3.8) is 0 Å². The Kier molecular flexibility index (Phi) is 3.06. The van der Waals surface area contributed by atoms with Crippen molar-refractivity contribution in [1.29, 1.82) is 0 Å². The zero-order chi connectivity index (χ0) is 13.3. The highest BCUT2D eigenvalue weighted by Gasteiger charge is 2.17. The quantitative estimate of drug-likeness (QED) is 0.902. The molecule has 0 aliphatic rings. The van der Waals surface area contributed by atoms with E-state index in [1.165, 1.54) is 0 Å². The molecule has 2 aromatic rings. The molecule has 0 saturated heterocycles. The molecule has 18 heavy (non-hydrogen) atoms. The van der Waals surface area contributed by atoms with Crippen LogP contribution >= 0.6 is 0 Å². The van der Waals surface area contributed by atoms with E-state index in [1.807, 2.05) is 26.0 Å². The molecule has 5 nitrogen and oxygen atoms in total. The maximum Gasteiger partial charge on any atom is 0.357 e. The predicted octanol–water partition coefficient (Wildman–Crippen LogP) is 2.67. The smallest absolute Gasteiger partial charge is 0.357 e. The first-order valence-electron chi connectivity index (χ1n) is 5.37. The fourth-order valence-corrected chi connectivity index (χ4v) is 1.85. The molecule has 0 aliphatic heterocycles. The van der Waals surface area contributed by atoms with Crippen molar-refractivity contribution in [3.05, 3.63) is 35.2 Å². The molecule has 2 rings (SSSR count). The fraction of sp³-hybridized carbons (Fsp3) is 0.231. The van der Waals surface area contributed by atoms with Crippen LogP contribution in [0.25, 0.3) is 11.5 Å². The van der Waals surface area contributed by atoms with Gasteiger partial charge in [-0.2, -0.15) is 0 Å². The van der Waals surface area contributed by atoms with E-state index in [9.17, 15) is 4.79 Å². The molecule has 1 N–H and O–H groups in total. The van der Waals surface area contributed by atoms with Crippen LogP contribution in [0.2, 0.25) is 0 Å². The molecule has 0 aliphatic carbocycles. The van der Waals surface area contributed by atoms with Crippen LogP contribution in [-0.4, -0.2) is 23.2 Å². The van der Waals surface area contributed by atoms with Crippen LogP contribution in [0.15, 0.2) is 22.8 Å². The molecule has 0 spiro atoms. The Hall–Kier alpha value is -2.30. The van der Waals surface area contributed by atoms with Crippen molar-refractivity contribution in [2.24, 2.45) is 0 Å². The third-order valence-corrected chi connectivity index (χ3v) is 2.60. The van der Waals surface area contributed by atoms with Crippen molar-refractivity contribution in [1.82, 2.24) is 4.98 Å². The minimum Gasteiger partial charge on any atom is -0.496 e. The van der Waals surface area contributed by atoms with Crippen LogP contribution in [0.3, 0.4) is 0 Å². The SMILES string of the molecule is COc1cc(C)cc(C)c1-c1nc(C(=O)O)co1. The molecule has 0 fully saturated rings. The van der Waals surface area contributed by atoms with Gasteiger partial charge in [-0.15, -0.1) is 0 Å². The van der Waals surface area contributed by atoms with E-state index in [-0.39, 0.29) is 11.6 Å². The number of ether oxygens (including phenoxy) is 1. The average molecular weight is 247 g/mol. The highest BCUT2D eigenvalue weighted by molar-refractivity contribution is 5.85. The summed E-state index contributed by atoms with van der Waals surface area (Å²) in [6.07, 6.45) is 1.12. The Labute approximate surface area is 104 Å². The molecule has 0 unspecified atom stereocenters. The minimum atomic E-state index is -1.12. The molecule has 1 aromatic carbocycles. The van der Waals surface area contributed by atoms with E-state index in [1.54, 1.807) is 7.11 Å². The second-order valence-corrected chi connectivity index (χ2v) is 4.00. The number of methoxy groups -OCH3 is 1. The summed E-state index contributed by atoms with van der Waals surface area (Å²) in [5.74, 6) is -0.248. The van der Waals surface area contributed by atoms with Crippen molar-refractivity contribution in [3.8, 4) is 17.2 Å². The number of aromatic carboxylic acids is 1. The standard InChI is InChI=1S/C13H13NO4/c1-7-4-8(2)11(10(5-7)17-3)12-14-9(6-18-12)13(15)16/h4-6H,1-3H3,(H,15,16). The van der Waals surface area contributed by atoms with Crippen molar-refractivity contribution in [2.75, 3.05) is 7.11 Å². The van der Waals surface area contributed by atoms with Gasteiger partial charge in [0.05, 0.1) is 12.7 Å². The zero-order valence-electron chi connectivity index (χ0n) is 10.4. The van der Waals surface area contributed by atoms with Gasteiger partial charge >= 0.3 is 5.97 Å². The maximum absolute atomic E-state index is 10.8. The van der Waals surface area contributed by atoms with E-state index in [0.717, 1.165) is 17.4 Å². The predicted molar refractivity (Wildman–Crippen MR) is 64.9 cm³/mol. The topological polar surface area (TPSA) is 72.6 Å². The first-order chi connectivity index (χ1) is 8.52. The lowest BCUT2D eigenvalue weighted by atomic mass is 10.0. The van der Waals surface area contributed by atoms with E-state index in [4.69, 9.17) is 14.3 Å². The van der Waals surface area contributed by atoms with Gasteiger partial charge in [0.2, 0.25) is 5.89 Å². The monoisotopic (exact) mass is 247 g/mol. The number of nitrogens with zero attached hydrogens (tertiary/aromatic N) is 1. The number of hydrogen-bond donors (Lipinski definition) is 1. The molecule has 0 bridgehead atoms. The number of carboxylic acids is 1. The summed E-state index contributed by atoms with van der Waals surface area (Å²) in [5.41, 5.74) is 2.53. The Balaban J connectivity index is 2.58. The van der Waals surface area contributed by atoms with Crippen LogP contribution in [0.5, 0.6) is 5.75 Å². The molecule has 0 radical (unpaired) electrons. The number of carbonyl (C=O) groups is 1. The van der Waals surface area contributed by atoms with Crippen LogP contribution in [0.4, 0.5) is 0 Å². The van der Waals surface area contributed by atoms with Crippen LogP contribution in [0, 0.1) is 13.8 Å². The van der Waals surface area contributed by atoms with Crippen LogP contribution < -0.4 is 4.74 Å². The molecule has 0 saturated carbocycles. The van der Waals surface area contributed by atoms with Gasteiger partial charge in [-0.05, 0) is 31.0 Å². The van der Waals surface area contributed by atoms with Crippen molar-refractivity contribution >= 4 is 5.97 Å². The summed E-state index contributed by atoms with van der Waals surface area (Å²) in [6.45, 7) is 3.85. The maximum atomic E-state index is 10.8. The first kappa shape index (κ1) is 12.2. The van der Waals surface area contributed by atoms with Gasteiger partial charge in [-0.1, -0.05) is 6.07 Å². The number of carboxylic acid groups (broad SMARTS) is 1. The van der Waals surface area contributed by atoms with Crippen LogP contribution in [-0.2, 0) is 0 Å². The molecular weight excluding hydrogens is 234 g/mol. The van der Waals surface area contributed by atoms with Crippen molar-refractivity contribution < 1.29 is 19.1 Å². The highest BCUT2D eigenvalue weighted by atomic mass is 16.5. The lowest BCUT2D eigenvalue weighted by Crippen LogP contribution is -1.97. The second-order valence-electron chi connectivity index (χ2n) is 4.00. The van der Waals surface area contributed by atoms with E-state index in [2.05, 4.69) is 4.98 Å². The summed E-state index contributed by atoms with van der Waals surface area (Å²) < 4.78 is 10.5. The van der Waals surface area contributed by atoms with Gasteiger partial charge in [-0.25, -0.2) is 9.78 Å². The summed E-state index contributed by atoms with van der Waals surface area (Å²) in [5, 5.41) is 8.83. The number of oxazole rings is 1. The van der Waals surface area contributed by atoms with Gasteiger partial charge in [0.25, 0.3) is 0 Å². The average Bonchev–Trinajstić information content (AvgIpc) is 2.77. The highest BCUT2D eigenvalue weighted by Crippen LogP contribution is 2.33. The van der Waals surface area contributed by atoms with E-state index >= 15 is 0 Å². The van der Waals surface area contributed by atoms with Gasteiger partial charge < -0.3 is 14.3 Å². The second kappa shape index (κ2) is 4.52. The summed E-state index contributed by atoms with van der Waals surface area (Å²) in [4.78, 5) is 14.7. The molecule has 1 heterocycles. The number of aromatic nitrogens is 1. The summed E-state index contributed by atoms with van der Waals surface area (Å²) in [7, 11) is 1.55. The van der Waals surface area contributed by atoms with Crippen molar-refractivity contribution in [2.45, 2.75) is 13.8 Å². The molecule has 0 amide bonds. The Morgan fingerprint density at radius 3 is 2.67 bits per heavy atom. The van der Waals surface area contributed by atoms with Gasteiger partial charge in [-0.3, -0.25) is 0 Å². The Morgan fingerprint density at radius 2 is 2.11 bits per heavy atom.